The van der Waals surface area contributed by atoms with Crippen molar-refractivity contribution in [1.82, 2.24) is 29.7 Å². The number of nitrogens with zero attached hydrogens (tertiary/aromatic N) is 4. The predicted octanol–water partition coefficient (Wildman–Crippen LogP) is 7.25. The highest BCUT2D eigenvalue weighted by Gasteiger charge is 2.39. The second kappa shape index (κ2) is 12.5. The molecule has 2 saturated heterocycles. The van der Waals surface area contributed by atoms with Gasteiger partial charge in [0.25, 0.3) is 0 Å². The lowest BCUT2D eigenvalue weighted by Crippen LogP contribution is -2.37. The summed E-state index contributed by atoms with van der Waals surface area (Å²) >= 11 is 0. The van der Waals surface area contributed by atoms with Gasteiger partial charge in [-0.3, -0.25) is 9.80 Å². The number of carbonyl (C=O) groups is 2. The third-order valence-electron chi connectivity index (χ3n) is 8.34. The molecule has 2 fully saturated rings. The van der Waals surface area contributed by atoms with Crippen LogP contribution in [0.1, 0.15) is 84.5 Å². The summed E-state index contributed by atoms with van der Waals surface area (Å²) in [5, 5.41) is 10.3. The standard InChI is InChI=1S/C36H44N6O5/c1-35(2,3)46-33(44)41-17-7-8-29(41)31-37-19-27(39-31)24-13-9-22(10-14-24)23-11-15-25(16-12-23)28-20-38-32(40-28)30-18-26(43)21-42(30)34(45)47-36(4,5)6/h9-16,19-20,26,29-30,43H,7-8,17-18,21H2,1-6H3,(H,37,39)(H,38,40)/t26-,29-,30-/m0/s1. The van der Waals surface area contributed by atoms with Gasteiger partial charge in [0.15, 0.2) is 0 Å². The first kappa shape index (κ1) is 32.3. The Morgan fingerprint density at radius 2 is 1.17 bits per heavy atom. The molecule has 2 aromatic carbocycles. The van der Waals surface area contributed by atoms with Crippen LogP contribution in [0.2, 0.25) is 0 Å². The molecule has 47 heavy (non-hydrogen) atoms. The van der Waals surface area contributed by atoms with E-state index in [1.54, 1.807) is 16.0 Å². The van der Waals surface area contributed by atoms with Gasteiger partial charge in [0.1, 0.15) is 22.9 Å². The van der Waals surface area contributed by atoms with E-state index in [0.29, 0.717) is 18.8 Å². The molecule has 0 spiro atoms. The van der Waals surface area contributed by atoms with Crippen LogP contribution in [0.15, 0.2) is 60.9 Å². The quantitative estimate of drug-likeness (QED) is 0.209. The molecule has 3 atom stereocenters. The number of imidazole rings is 2. The average Bonchev–Trinajstić information content (AvgIpc) is 3.81. The van der Waals surface area contributed by atoms with Crippen molar-refractivity contribution < 1.29 is 24.2 Å². The van der Waals surface area contributed by atoms with Crippen LogP contribution in [-0.4, -0.2) is 77.4 Å². The molecule has 6 rings (SSSR count). The largest absolute Gasteiger partial charge is 0.444 e. The summed E-state index contributed by atoms with van der Waals surface area (Å²) in [4.78, 5) is 44.9. The smallest absolute Gasteiger partial charge is 0.411 e. The fourth-order valence-corrected chi connectivity index (χ4v) is 6.18. The predicted molar refractivity (Wildman–Crippen MR) is 178 cm³/mol. The molecule has 4 aromatic rings. The lowest BCUT2D eigenvalue weighted by Gasteiger charge is -2.27. The van der Waals surface area contributed by atoms with E-state index in [4.69, 9.17) is 9.47 Å². The van der Waals surface area contributed by atoms with Crippen LogP contribution in [0.4, 0.5) is 9.59 Å². The van der Waals surface area contributed by atoms with Crippen LogP contribution >= 0.6 is 0 Å². The fourth-order valence-electron chi connectivity index (χ4n) is 6.18. The number of hydrogen-bond acceptors (Lipinski definition) is 7. The van der Waals surface area contributed by atoms with E-state index in [2.05, 4.69) is 56.3 Å². The lowest BCUT2D eigenvalue weighted by atomic mass is 10.0. The Morgan fingerprint density at radius 1 is 0.723 bits per heavy atom. The van der Waals surface area contributed by atoms with E-state index in [9.17, 15) is 14.7 Å². The molecule has 0 radical (unpaired) electrons. The summed E-state index contributed by atoms with van der Waals surface area (Å²) in [5.41, 5.74) is 4.66. The van der Waals surface area contributed by atoms with Gasteiger partial charge in [-0.1, -0.05) is 48.5 Å². The van der Waals surface area contributed by atoms with Crippen molar-refractivity contribution in [1.29, 1.82) is 0 Å². The first-order valence-electron chi connectivity index (χ1n) is 16.2. The number of benzene rings is 2. The maximum absolute atomic E-state index is 12.8. The molecule has 0 aliphatic carbocycles. The Balaban J connectivity index is 1.12. The van der Waals surface area contributed by atoms with Gasteiger partial charge in [-0.2, -0.15) is 0 Å². The number of aliphatic hydroxyl groups excluding tert-OH is 1. The fraction of sp³-hybridized carbons (Fsp3) is 0.444. The summed E-state index contributed by atoms with van der Waals surface area (Å²) < 4.78 is 11.2. The second-order valence-corrected chi connectivity index (χ2v) is 14.4. The third kappa shape index (κ3) is 7.35. The molecule has 11 heteroatoms. The Hall–Kier alpha value is -4.64. The minimum Gasteiger partial charge on any atom is -0.444 e. The van der Waals surface area contributed by atoms with Crippen LogP contribution in [0.3, 0.4) is 0 Å². The van der Waals surface area contributed by atoms with Crippen LogP contribution in [0.5, 0.6) is 0 Å². The summed E-state index contributed by atoms with van der Waals surface area (Å²) in [5.74, 6) is 1.39. The number of carbonyl (C=O) groups excluding carboxylic acids is 2. The molecule has 4 heterocycles. The van der Waals surface area contributed by atoms with Crippen LogP contribution in [-0.2, 0) is 9.47 Å². The van der Waals surface area contributed by atoms with E-state index >= 15 is 0 Å². The van der Waals surface area contributed by atoms with Gasteiger partial charge >= 0.3 is 12.2 Å². The molecule has 2 amide bonds. The van der Waals surface area contributed by atoms with Gasteiger partial charge in [-0.05, 0) is 76.6 Å². The number of aromatic nitrogens is 4. The molecule has 2 aliphatic heterocycles. The average molecular weight is 641 g/mol. The zero-order valence-electron chi connectivity index (χ0n) is 27.9. The number of hydrogen-bond donors (Lipinski definition) is 3. The topological polar surface area (TPSA) is 137 Å². The van der Waals surface area contributed by atoms with Gasteiger partial charge in [0, 0.05) is 13.0 Å². The molecule has 11 nitrogen and oxygen atoms in total. The van der Waals surface area contributed by atoms with Crippen molar-refractivity contribution in [2.45, 2.75) is 90.2 Å². The maximum Gasteiger partial charge on any atom is 0.411 e. The van der Waals surface area contributed by atoms with Gasteiger partial charge in [-0.15, -0.1) is 0 Å². The highest BCUT2D eigenvalue weighted by atomic mass is 16.6. The molecule has 3 N–H and O–H groups in total. The number of rotatable bonds is 5. The number of H-pyrrole nitrogens is 2. The molecule has 0 unspecified atom stereocenters. The molecule has 248 valence electrons. The number of aromatic amines is 2. The van der Waals surface area contributed by atoms with E-state index in [1.165, 1.54) is 0 Å². The number of amides is 2. The third-order valence-corrected chi connectivity index (χ3v) is 8.34. The van der Waals surface area contributed by atoms with Crippen LogP contribution < -0.4 is 0 Å². The van der Waals surface area contributed by atoms with Crippen molar-refractivity contribution in [2.75, 3.05) is 13.1 Å². The molecule has 0 saturated carbocycles. The van der Waals surface area contributed by atoms with E-state index in [1.807, 2.05) is 59.9 Å². The number of aliphatic hydroxyl groups is 1. The lowest BCUT2D eigenvalue weighted by molar-refractivity contribution is 0.0197. The number of nitrogens with one attached hydrogen (secondary N) is 2. The number of β-amino-alcohol motifs (C(OH)–C–C–N with tert-alkyl or cyclic N) is 1. The van der Waals surface area contributed by atoms with E-state index in [-0.39, 0.29) is 24.7 Å². The first-order valence-corrected chi connectivity index (χ1v) is 16.2. The summed E-state index contributed by atoms with van der Waals surface area (Å²) in [7, 11) is 0. The Bertz CT molecular complexity index is 1710. The molecular formula is C36H44N6O5. The van der Waals surface area contributed by atoms with Crippen molar-refractivity contribution in [3.63, 3.8) is 0 Å². The molecule has 2 aliphatic rings. The van der Waals surface area contributed by atoms with Gasteiger partial charge in [0.2, 0.25) is 0 Å². The Morgan fingerprint density at radius 3 is 1.66 bits per heavy atom. The number of likely N-dealkylation sites (tertiary alicyclic amines) is 2. The summed E-state index contributed by atoms with van der Waals surface area (Å²) in [6.07, 6.45) is 4.33. The van der Waals surface area contributed by atoms with E-state index in [0.717, 1.165) is 52.3 Å². The normalized spacial score (nSPS) is 20.1. The zero-order chi connectivity index (χ0) is 33.5. The van der Waals surface area contributed by atoms with Crippen molar-refractivity contribution in [3.05, 3.63) is 72.6 Å². The van der Waals surface area contributed by atoms with Gasteiger partial charge < -0.3 is 24.5 Å². The highest BCUT2D eigenvalue weighted by molar-refractivity contribution is 5.72. The van der Waals surface area contributed by atoms with Crippen molar-refractivity contribution in [3.8, 4) is 33.6 Å². The number of ether oxygens (including phenoxy) is 2. The van der Waals surface area contributed by atoms with Crippen molar-refractivity contribution >= 4 is 12.2 Å². The second-order valence-electron chi connectivity index (χ2n) is 14.4. The monoisotopic (exact) mass is 640 g/mol. The summed E-state index contributed by atoms with van der Waals surface area (Å²) in [6, 6.07) is 16.0. The SMILES string of the molecule is CC(C)(C)OC(=O)N1CCC[C@H]1c1ncc(-c2ccc(-c3ccc(-c4cnc([C@@H]5C[C@H](O)CN5C(=O)OC(C)(C)C)[nH]4)cc3)cc2)[nH]1. The Kier molecular flexibility index (Phi) is 8.61. The van der Waals surface area contributed by atoms with Crippen molar-refractivity contribution in [2.24, 2.45) is 0 Å². The first-order chi connectivity index (χ1) is 22.2. The molecule has 0 bridgehead atoms. The summed E-state index contributed by atoms with van der Waals surface area (Å²) in [6.45, 7) is 12.0. The highest BCUT2D eigenvalue weighted by Crippen LogP contribution is 2.35. The molecular weight excluding hydrogens is 596 g/mol. The zero-order valence-corrected chi connectivity index (χ0v) is 27.9. The Labute approximate surface area is 275 Å². The van der Waals surface area contributed by atoms with Crippen LogP contribution in [0.25, 0.3) is 33.6 Å². The van der Waals surface area contributed by atoms with Gasteiger partial charge in [0.05, 0.1) is 48.5 Å². The minimum absolute atomic E-state index is 0.129. The van der Waals surface area contributed by atoms with E-state index < -0.39 is 23.4 Å². The van der Waals surface area contributed by atoms with Crippen LogP contribution in [0, 0.1) is 0 Å². The van der Waals surface area contributed by atoms with Gasteiger partial charge in [-0.25, -0.2) is 19.6 Å². The molecule has 2 aromatic heterocycles. The minimum atomic E-state index is -0.635. The maximum atomic E-state index is 12.8.